The van der Waals surface area contributed by atoms with Gasteiger partial charge in [0.1, 0.15) is 0 Å². The van der Waals surface area contributed by atoms with E-state index in [1.165, 1.54) is 7.11 Å². The van der Waals surface area contributed by atoms with Gasteiger partial charge in [0.25, 0.3) is 0 Å². The average molecular weight is 353 g/mol. The summed E-state index contributed by atoms with van der Waals surface area (Å²) < 4.78 is 5.64. The molecule has 0 spiro atoms. The average Bonchev–Trinajstić information content (AvgIpc) is 2.44. The van der Waals surface area contributed by atoms with Crippen LogP contribution in [0.4, 0.5) is 5.69 Å². The number of rotatable bonds is 3. The van der Waals surface area contributed by atoms with Crippen LogP contribution in [0.2, 0.25) is 5.02 Å². The Bertz CT molecular complexity index is 671. The lowest BCUT2D eigenvalue weighted by Crippen LogP contribution is -2.00. The molecule has 0 aliphatic carbocycles. The van der Waals surface area contributed by atoms with Crippen LogP contribution in [-0.4, -0.2) is 19.3 Å². The molecule has 0 atom stereocenters. The second-order valence-electron chi connectivity index (χ2n) is 4.00. The first-order chi connectivity index (χ1) is 9.58. The van der Waals surface area contributed by atoms with Gasteiger partial charge in [-0.25, -0.2) is 4.79 Å². The van der Waals surface area contributed by atoms with Gasteiger partial charge in [-0.15, -0.1) is 0 Å². The van der Waals surface area contributed by atoms with Gasteiger partial charge in [0.15, 0.2) is 0 Å². The molecular formula is C15H11BrClNO2. The number of esters is 1. The maximum absolute atomic E-state index is 11.5. The zero-order chi connectivity index (χ0) is 14.5. The van der Waals surface area contributed by atoms with Crippen molar-refractivity contribution in [1.29, 1.82) is 0 Å². The molecule has 0 aromatic heterocycles. The molecule has 3 nitrogen and oxygen atoms in total. The summed E-state index contributed by atoms with van der Waals surface area (Å²) in [7, 11) is 1.33. The first-order valence-corrected chi connectivity index (χ1v) is 6.94. The van der Waals surface area contributed by atoms with Crippen LogP contribution < -0.4 is 0 Å². The zero-order valence-corrected chi connectivity index (χ0v) is 13.0. The summed E-state index contributed by atoms with van der Waals surface area (Å²) in [5.74, 6) is -0.439. The number of halogens is 2. The van der Waals surface area contributed by atoms with Crippen LogP contribution in [0.25, 0.3) is 0 Å². The molecule has 0 radical (unpaired) electrons. The quantitative estimate of drug-likeness (QED) is 0.596. The minimum Gasteiger partial charge on any atom is -0.465 e. The number of hydrogen-bond acceptors (Lipinski definition) is 3. The molecule has 0 fully saturated rings. The van der Waals surface area contributed by atoms with E-state index in [0.29, 0.717) is 16.3 Å². The van der Waals surface area contributed by atoms with Crippen molar-refractivity contribution in [3.8, 4) is 0 Å². The number of carbonyl (C=O) groups excluding carboxylic acids is 1. The highest BCUT2D eigenvalue weighted by Gasteiger charge is 2.07. The predicted molar refractivity (Wildman–Crippen MR) is 84.2 cm³/mol. The van der Waals surface area contributed by atoms with Crippen molar-refractivity contribution in [2.24, 2.45) is 4.99 Å². The van der Waals surface area contributed by atoms with Crippen molar-refractivity contribution in [2.75, 3.05) is 7.11 Å². The van der Waals surface area contributed by atoms with Gasteiger partial charge >= 0.3 is 5.97 Å². The third-order valence-corrected chi connectivity index (χ3v) is 3.23. The minimum absolute atomic E-state index is 0.376. The summed E-state index contributed by atoms with van der Waals surface area (Å²) >= 11 is 9.36. The van der Waals surface area contributed by atoms with Crippen LogP contribution in [0.3, 0.4) is 0 Å². The highest BCUT2D eigenvalue weighted by molar-refractivity contribution is 9.10. The molecule has 2 rings (SSSR count). The van der Waals surface area contributed by atoms with E-state index in [0.717, 1.165) is 10.0 Å². The number of hydrogen-bond donors (Lipinski definition) is 0. The van der Waals surface area contributed by atoms with Crippen molar-refractivity contribution < 1.29 is 9.53 Å². The number of nitrogens with zero attached hydrogens (tertiary/aromatic N) is 1. The Balaban J connectivity index is 2.29. The van der Waals surface area contributed by atoms with Crippen molar-refractivity contribution in [2.45, 2.75) is 0 Å². The van der Waals surface area contributed by atoms with Gasteiger partial charge in [0, 0.05) is 15.7 Å². The molecule has 5 heteroatoms. The Labute approximate surface area is 130 Å². The van der Waals surface area contributed by atoms with Gasteiger partial charge in [-0.3, -0.25) is 4.99 Å². The number of aliphatic imine (C=N–C) groups is 1. The van der Waals surface area contributed by atoms with Gasteiger partial charge in [-0.05, 0) is 35.9 Å². The van der Waals surface area contributed by atoms with Crippen molar-refractivity contribution in [3.63, 3.8) is 0 Å². The van der Waals surface area contributed by atoms with Crippen LogP contribution in [0.15, 0.2) is 51.9 Å². The predicted octanol–water partition coefficient (Wildman–Crippen LogP) is 4.64. The summed E-state index contributed by atoms with van der Waals surface area (Å²) in [5, 5.41) is 0.439. The van der Waals surface area contributed by atoms with Crippen molar-refractivity contribution in [1.82, 2.24) is 0 Å². The maximum Gasteiger partial charge on any atom is 0.337 e. The topological polar surface area (TPSA) is 38.7 Å². The fraction of sp³-hybridized carbons (Fsp3) is 0.0667. The monoisotopic (exact) mass is 351 g/mol. The second kappa shape index (κ2) is 6.68. The van der Waals surface area contributed by atoms with Crippen LogP contribution in [0, 0.1) is 0 Å². The normalized spacial score (nSPS) is 10.8. The zero-order valence-electron chi connectivity index (χ0n) is 10.6. The third-order valence-electron chi connectivity index (χ3n) is 2.52. The lowest BCUT2D eigenvalue weighted by molar-refractivity contribution is 0.0601. The largest absolute Gasteiger partial charge is 0.465 e. The van der Waals surface area contributed by atoms with E-state index in [9.17, 15) is 4.79 Å². The van der Waals surface area contributed by atoms with Gasteiger partial charge in [0.05, 0.1) is 18.4 Å². The van der Waals surface area contributed by atoms with E-state index in [2.05, 4.69) is 25.7 Å². The van der Waals surface area contributed by atoms with E-state index in [1.54, 1.807) is 24.4 Å². The Kier molecular flexibility index (Phi) is 4.93. The van der Waals surface area contributed by atoms with Gasteiger partial charge in [-0.1, -0.05) is 39.7 Å². The lowest BCUT2D eigenvalue weighted by atomic mass is 10.2. The van der Waals surface area contributed by atoms with Crippen LogP contribution >= 0.6 is 27.5 Å². The van der Waals surface area contributed by atoms with E-state index in [4.69, 9.17) is 11.6 Å². The summed E-state index contributed by atoms with van der Waals surface area (Å²) in [5.41, 5.74) is 1.92. The third kappa shape index (κ3) is 3.92. The van der Waals surface area contributed by atoms with Gasteiger partial charge < -0.3 is 4.74 Å². The first-order valence-electron chi connectivity index (χ1n) is 5.77. The smallest absolute Gasteiger partial charge is 0.337 e. The molecule has 0 N–H and O–H groups in total. The molecule has 0 aliphatic rings. The molecule has 20 heavy (non-hydrogen) atoms. The molecule has 102 valence electrons. The van der Waals surface area contributed by atoms with Crippen molar-refractivity contribution >= 4 is 45.4 Å². The number of ether oxygens (including phenoxy) is 1. The molecule has 0 saturated heterocycles. The van der Waals surface area contributed by atoms with Crippen LogP contribution in [0.1, 0.15) is 15.9 Å². The van der Waals surface area contributed by atoms with E-state index < -0.39 is 5.97 Å². The molecule has 0 unspecified atom stereocenters. The van der Waals surface area contributed by atoms with E-state index >= 15 is 0 Å². The lowest BCUT2D eigenvalue weighted by Gasteiger charge is -2.02. The molecular weight excluding hydrogens is 342 g/mol. The minimum atomic E-state index is -0.439. The fourth-order valence-corrected chi connectivity index (χ4v) is 2.27. The Hall–Kier alpha value is -1.65. The van der Waals surface area contributed by atoms with Crippen LogP contribution in [0.5, 0.6) is 0 Å². The Morgan fingerprint density at radius 1 is 1.30 bits per heavy atom. The summed E-state index contributed by atoms with van der Waals surface area (Å²) in [6.07, 6.45) is 1.71. The molecule has 0 aliphatic heterocycles. The van der Waals surface area contributed by atoms with E-state index in [1.807, 2.05) is 24.3 Å². The second-order valence-corrected chi connectivity index (χ2v) is 5.36. The summed E-state index contributed by atoms with van der Waals surface area (Å²) in [4.78, 5) is 15.8. The summed E-state index contributed by atoms with van der Waals surface area (Å²) in [6, 6.07) is 12.6. The summed E-state index contributed by atoms with van der Waals surface area (Å²) in [6.45, 7) is 0. The van der Waals surface area contributed by atoms with Crippen molar-refractivity contribution in [3.05, 3.63) is 63.1 Å². The SMILES string of the molecule is COC(=O)c1cc(Cl)cc(/N=C/c2cccc(Br)c2)c1. The number of benzene rings is 2. The molecule has 2 aromatic carbocycles. The molecule has 0 heterocycles. The van der Waals surface area contributed by atoms with Gasteiger partial charge in [0.2, 0.25) is 0 Å². The van der Waals surface area contributed by atoms with Gasteiger partial charge in [-0.2, -0.15) is 0 Å². The Morgan fingerprint density at radius 3 is 2.80 bits per heavy atom. The molecule has 0 amide bonds. The first kappa shape index (κ1) is 14.8. The Morgan fingerprint density at radius 2 is 2.10 bits per heavy atom. The highest BCUT2D eigenvalue weighted by atomic mass is 79.9. The van der Waals surface area contributed by atoms with Crippen LogP contribution in [-0.2, 0) is 4.74 Å². The fourth-order valence-electron chi connectivity index (χ4n) is 1.62. The highest BCUT2D eigenvalue weighted by Crippen LogP contribution is 2.22. The maximum atomic E-state index is 11.5. The standard InChI is InChI=1S/C15H11BrClNO2/c1-20-15(19)11-6-13(17)8-14(7-11)18-9-10-3-2-4-12(16)5-10/h2-9H,1H3/b18-9+. The molecule has 0 bridgehead atoms. The number of methoxy groups -OCH3 is 1. The molecule has 0 saturated carbocycles. The van der Waals surface area contributed by atoms with E-state index in [-0.39, 0.29) is 0 Å². The molecule has 2 aromatic rings. The number of carbonyl (C=O) groups is 1.